The molecule has 0 aliphatic carbocycles. The Labute approximate surface area is 140 Å². The minimum atomic E-state index is -4.07. The first-order chi connectivity index (χ1) is 11.2. The molecule has 6 nitrogen and oxygen atoms in total. The van der Waals surface area contributed by atoms with Crippen LogP contribution in [0.5, 0.6) is 0 Å². The molecule has 0 bridgehead atoms. The van der Waals surface area contributed by atoms with E-state index in [2.05, 4.69) is 5.32 Å². The molecular formula is C15H21F2N3O3S. The van der Waals surface area contributed by atoms with Gasteiger partial charge in [0.15, 0.2) is 0 Å². The second-order valence-electron chi connectivity index (χ2n) is 5.92. The van der Waals surface area contributed by atoms with Crippen LogP contribution < -0.4 is 5.32 Å². The van der Waals surface area contributed by atoms with E-state index >= 15 is 0 Å². The lowest BCUT2D eigenvalue weighted by Crippen LogP contribution is -2.44. The summed E-state index contributed by atoms with van der Waals surface area (Å²) in [7, 11) is -4.07. The molecule has 1 fully saturated rings. The average Bonchev–Trinajstić information content (AvgIpc) is 2.72. The van der Waals surface area contributed by atoms with Crippen molar-refractivity contribution in [2.75, 3.05) is 26.2 Å². The highest BCUT2D eigenvalue weighted by Crippen LogP contribution is 2.21. The van der Waals surface area contributed by atoms with Gasteiger partial charge in [0.2, 0.25) is 10.0 Å². The third-order valence-corrected chi connectivity index (χ3v) is 5.60. The van der Waals surface area contributed by atoms with Crippen molar-refractivity contribution in [1.82, 2.24) is 14.5 Å². The first-order valence-electron chi connectivity index (χ1n) is 7.72. The number of hydrogen-bond acceptors (Lipinski definition) is 3. The van der Waals surface area contributed by atoms with Crippen molar-refractivity contribution >= 4 is 16.1 Å². The zero-order chi connectivity index (χ0) is 17.9. The monoisotopic (exact) mass is 361 g/mol. The van der Waals surface area contributed by atoms with Gasteiger partial charge in [-0.25, -0.2) is 22.0 Å². The van der Waals surface area contributed by atoms with Gasteiger partial charge in [-0.3, -0.25) is 0 Å². The highest BCUT2D eigenvalue weighted by molar-refractivity contribution is 7.89. The molecule has 1 aliphatic heterocycles. The fourth-order valence-corrected chi connectivity index (χ4v) is 4.01. The number of rotatable bonds is 3. The molecule has 0 spiro atoms. The molecule has 134 valence electrons. The topological polar surface area (TPSA) is 69.7 Å². The Balaban J connectivity index is 2.14. The molecule has 2 rings (SSSR count). The summed E-state index contributed by atoms with van der Waals surface area (Å²) in [4.78, 5) is 13.0. The van der Waals surface area contributed by atoms with Gasteiger partial charge < -0.3 is 10.2 Å². The summed E-state index contributed by atoms with van der Waals surface area (Å²) in [5.74, 6) is -1.95. The predicted molar refractivity (Wildman–Crippen MR) is 85.0 cm³/mol. The average molecular weight is 361 g/mol. The molecule has 1 aromatic carbocycles. The van der Waals surface area contributed by atoms with Crippen LogP contribution >= 0.6 is 0 Å². The van der Waals surface area contributed by atoms with Gasteiger partial charge in [-0.2, -0.15) is 4.31 Å². The van der Waals surface area contributed by atoms with Crippen molar-refractivity contribution in [1.29, 1.82) is 0 Å². The van der Waals surface area contributed by atoms with E-state index in [0.717, 1.165) is 16.4 Å². The molecule has 1 aliphatic rings. The molecule has 24 heavy (non-hydrogen) atoms. The zero-order valence-corrected chi connectivity index (χ0v) is 14.4. The number of amides is 2. The molecular weight excluding hydrogens is 340 g/mol. The van der Waals surface area contributed by atoms with Crippen LogP contribution in [0.4, 0.5) is 13.6 Å². The fraction of sp³-hybridized carbons (Fsp3) is 0.533. The molecule has 0 atom stereocenters. The maximum atomic E-state index is 13.8. The van der Waals surface area contributed by atoms with Gasteiger partial charge in [0.25, 0.3) is 0 Å². The van der Waals surface area contributed by atoms with E-state index in [-0.39, 0.29) is 31.7 Å². The van der Waals surface area contributed by atoms with E-state index in [0.29, 0.717) is 19.0 Å². The van der Waals surface area contributed by atoms with Gasteiger partial charge >= 0.3 is 6.03 Å². The molecule has 2 amide bonds. The number of carbonyl (C=O) groups excluding carboxylic acids is 1. The van der Waals surface area contributed by atoms with Gasteiger partial charge in [0.1, 0.15) is 16.5 Å². The molecule has 1 saturated heterocycles. The van der Waals surface area contributed by atoms with Crippen molar-refractivity contribution in [3.8, 4) is 0 Å². The highest BCUT2D eigenvalue weighted by Gasteiger charge is 2.30. The Kier molecular flexibility index (Phi) is 5.76. The van der Waals surface area contributed by atoms with Crippen LogP contribution in [0.2, 0.25) is 0 Å². The van der Waals surface area contributed by atoms with Crippen LogP contribution in [0.15, 0.2) is 23.1 Å². The first-order valence-corrected chi connectivity index (χ1v) is 9.16. The Morgan fingerprint density at radius 2 is 1.88 bits per heavy atom. The highest BCUT2D eigenvalue weighted by atomic mass is 32.2. The smallest absolute Gasteiger partial charge is 0.317 e. The number of nitrogens with zero attached hydrogens (tertiary/aromatic N) is 2. The van der Waals surface area contributed by atoms with E-state index in [1.54, 1.807) is 0 Å². The fourth-order valence-electron chi connectivity index (χ4n) is 2.50. The molecule has 0 unspecified atom stereocenters. The molecule has 0 saturated carbocycles. The summed E-state index contributed by atoms with van der Waals surface area (Å²) in [6.45, 7) is 4.53. The minimum absolute atomic E-state index is 0.0195. The van der Waals surface area contributed by atoms with E-state index in [9.17, 15) is 22.0 Å². The second kappa shape index (κ2) is 7.43. The zero-order valence-electron chi connectivity index (χ0n) is 13.6. The molecule has 1 heterocycles. The number of halogens is 2. The van der Waals surface area contributed by atoms with Crippen molar-refractivity contribution < 1.29 is 22.0 Å². The number of carbonyl (C=O) groups is 1. The summed E-state index contributed by atoms with van der Waals surface area (Å²) in [5.41, 5.74) is 0. The van der Waals surface area contributed by atoms with Crippen molar-refractivity contribution in [3.05, 3.63) is 29.8 Å². The standard InChI is InChI=1S/C15H21F2N3O3S/c1-11(2)18-15(21)19-6-3-7-20(9-8-19)24(22,23)14-5-4-12(16)10-13(14)17/h4-5,10-11H,3,6-9H2,1-2H3,(H,18,21). The van der Waals surface area contributed by atoms with Crippen LogP contribution in [0.1, 0.15) is 20.3 Å². The van der Waals surface area contributed by atoms with Gasteiger partial charge in [0, 0.05) is 38.3 Å². The van der Waals surface area contributed by atoms with E-state index < -0.39 is 26.6 Å². The minimum Gasteiger partial charge on any atom is -0.336 e. The maximum Gasteiger partial charge on any atom is 0.317 e. The van der Waals surface area contributed by atoms with E-state index in [1.807, 2.05) is 13.8 Å². The number of urea groups is 1. The van der Waals surface area contributed by atoms with Crippen LogP contribution in [0, 0.1) is 11.6 Å². The number of sulfonamides is 1. The largest absolute Gasteiger partial charge is 0.336 e. The summed E-state index contributed by atoms with van der Waals surface area (Å²) >= 11 is 0. The molecule has 9 heteroatoms. The Morgan fingerprint density at radius 3 is 2.50 bits per heavy atom. The Morgan fingerprint density at radius 1 is 1.17 bits per heavy atom. The lowest BCUT2D eigenvalue weighted by molar-refractivity contribution is 0.198. The van der Waals surface area contributed by atoms with Gasteiger partial charge in [-0.05, 0) is 32.4 Å². The Bertz CT molecular complexity index is 710. The quantitative estimate of drug-likeness (QED) is 0.892. The van der Waals surface area contributed by atoms with Gasteiger partial charge in [-0.1, -0.05) is 0 Å². The molecule has 1 aromatic rings. The van der Waals surface area contributed by atoms with Crippen LogP contribution in [-0.4, -0.2) is 55.9 Å². The number of hydrogen-bond donors (Lipinski definition) is 1. The van der Waals surface area contributed by atoms with Crippen molar-refractivity contribution in [2.24, 2.45) is 0 Å². The van der Waals surface area contributed by atoms with Crippen molar-refractivity contribution in [3.63, 3.8) is 0 Å². The SMILES string of the molecule is CC(C)NC(=O)N1CCCN(S(=O)(=O)c2ccc(F)cc2F)CC1. The van der Waals surface area contributed by atoms with Gasteiger partial charge in [-0.15, -0.1) is 0 Å². The van der Waals surface area contributed by atoms with Crippen LogP contribution in [0.3, 0.4) is 0 Å². The van der Waals surface area contributed by atoms with Crippen LogP contribution in [0.25, 0.3) is 0 Å². The number of benzene rings is 1. The normalized spacial score (nSPS) is 17.0. The van der Waals surface area contributed by atoms with E-state index in [1.165, 1.54) is 4.90 Å². The summed E-state index contributed by atoms with van der Waals surface area (Å²) in [5, 5.41) is 2.76. The Hall–Kier alpha value is -1.74. The lowest BCUT2D eigenvalue weighted by atomic mass is 10.3. The van der Waals surface area contributed by atoms with Gasteiger partial charge in [0.05, 0.1) is 0 Å². The summed E-state index contributed by atoms with van der Waals surface area (Å²) < 4.78 is 53.1. The molecule has 1 N–H and O–H groups in total. The second-order valence-corrected chi connectivity index (χ2v) is 7.83. The van der Waals surface area contributed by atoms with E-state index in [4.69, 9.17) is 0 Å². The third kappa shape index (κ3) is 4.21. The third-order valence-electron chi connectivity index (χ3n) is 3.67. The summed E-state index contributed by atoms with van der Waals surface area (Å²) in [6.07, 6.45) is 0.438. The molecule has 0 radical (unpaired) electrons. The number of nitrogens with one attached hydrogen (secondary N) is 1. The van der Waals surface area contributed by atoms with Crippen LogP contribution in [-0.2, 0) is 10.0 Å². The first kappa shape index (κ1) is 18.6. The van der Waals surface area contributed by atoms with Crippen molar-refractivity contribution in [2.45, 2.75) is 31.2 Å². The predicted octanol–water partition coefficient (Wildman–Crippen LogP) is 1.78. The summed E-state index contributed by atoms with van der Waals surface area (Å²) in [6, 6.07) is 2.11. The maximum absolute atomic E-state index is 13.8. The lowest BCUT2D eigenvalue weighted by Gasteiger charge is -2.23. The molecule has 0 aromatic heterocycles.